The Morgan fingerprint density at radius 1 is 1.04 bits per heavy atom. The minimum absolute atomic E-state index is 0.0513. The lowest BCUT2D eigenvalue weighted by atomic mass is 9.83. The van der Waals surface area contributed by atoms with Crippen LogP contribution >= 0.6 is 0 Å². The number of carbonyl (C=O) groups is 1. The lowest BCUT2D eigenvalue weighted by molar-refractivity contribution is -0.127. The van der Waals surface area contributed by atoms with Crippen molar-refractivity contribution in [1.82, 2.24) is 4.90 Å². The Balaban J connectivity index is 1.58. The zero-order valence-corrected chi connectivity index (χ0v) is 16.5. The number of nitrogens with zero attached hydrogens (tertiary/aromatic N) is 1. The number of ether oxygens (including phenoxy) is 1. The van der Waals surface area contributed by atoms with Gasteiger partial charge in [-0.15, -0.1) is 0 Å². The molecule has 2 saturated carbocycles. The SMILES string of the molecule is C=CC(=O)N(C)C1CCC(COC2CCC(CCCCC)CC2)CC1. The van der Waals surface area contributed by atoms with Crippen molar-refractivity contribution in [2.75, 3.05) is 13.7 Å². The highest BCUT2D eigenvalue weighted by Gasteiger charge is 2.27. The summed E-state index contributed by atoms with van der Waals surface area (Å²) in [5.41, 5.74) is 0. The number of carbonyl (C=O) groups excluding carboxylic acids is 1. The van der Waals surface area contributed by atoms with E-state index in [1.807, 2.05) is 11.9 Å². The minimum Gasteiger partial charge on any atom is -0.378 e. The molecule has 2 aliphatic carbocycles. The normalized spacial score (nSPS) is 30.0. The first-order valence-corrected chi connectivity index (χ1v) is 10.6. The summed E-state index contributed by atoms with van der Waals surface area (Å²) < 4.78 is 6.26. The molecule has 25 heavy (non-hydrogen) atoms. The van der Waals surface area contributed by atoms with Gasteiger partial charge in [-0.05, 0) is 69.3 Å². The lowest BCUT2D eigenvalue weighted by Crippen LogP contribution is -2.39. The predicted octanol–water partition coefficient (Wildman–Crippen LogP) is 5.35. The third-order valence-electron chi connectivity index (χ3n) is 6.46. The summed E-state index contributed by atoms with van der Waals surface area (Å²) in [5, 5.41) is 0. The number of hydrogen-bond acceptors (Lipinski definition) is 2. The average molecular weight is 350 g/mol. The third-order valence-corrected chi connectivity index (χ3v) is 6.46. The van der Waals surface area contributed by atoms with Crippen molar-refractivity contribution in [3.8, 4) is 0 Å². The smallest absolute Gasteiger partial charge is 0.245 e. The highest BCUT2D eigenvalue weighted by Crippen LogP contribution is 2.32. The molecule has 2 rings (SSSR count). The number of unbranched alkanes of at least 4 members (excludes halogenated alkanes) is 2. The monoisotopic (exact) mass is 349 g/mol. The van der Waals surface area contributed by atoms with Crippen molar-refractivity contribution in [1.29, 1.82) is 0 Å². The van der Waals surface area contributed by atoms with Gasteiger partial charge in [0.05, 0.1) is 6.10 Å². The highest BCUT2D eigenvalue weighted by molar-refractivity contribution is 5.87. The molecule has 2 aliphatic rings. The second-order valence-electron chi connectivity index (χ2n) is 8.30. The maximum absolute atomic E-state index is 11.7. The van der Waals surface area contributed by atoms with Gasteiger partial charge in [0.2, 0.25) is 5.91 Å². The average Bonchev–Trinajstić information content (AvgIpc) is 2.66. The maximum atomic E-state index is 11.7. The van der Waals surface area contributed by atoms with E-state index in [2.05, 4.69) is 13.5 Å². The summed E-state index contributed by atoms with van der Waals surface area (Å²) in [7, 11) is 1.91. The van der Waals surface area contributed by atoms with Crippen LogP contribution in [0.15, 0.2) is 12.7 Å². The van der Waals surface area contributed by atoms with Gasteiger partial charge in [-0.3, -0.25) is 4.79 Å². The van der Waals surface area contributed by atoms with E-state index in [1.54, 1.807) is 0 Å². The van der Waals surface area contributed by atoms with E-state index < -0.39 is 0 Å². The molecular weight excluding hydrogens is 310 g/mol. The Kier molecular flexibility index (Phi) is 9.02. The van der Waals surface area contributed by atoms with Crippen molar-refractivity contribution < 1.29 is 9.53 Å². The molecule has 0 N–H and O–H groups in total. The maximum Gasteiger partial charge on any atom is 0.245 e. The van der Waals surface area contributed by atoms with Crippen molar-refractivity contribution in [3.63, 3.8) is 0 Å². The molecule has 0 aliphatic heterocycles. The van der Waals surface area contributed by atoms with E-state index in [4.69, 9.17) is 4.74 Å². The molecule has 0 bridgehead atoms. The van der Waals surface area contributed by atoms with Gasteiger partial charge in [-0.25, -0.2) is 0 Å². The van der Waals surface area contributed by atoms with Gasteiger partial charge in [0.1, 0.15) is 0 Å². The molecule has 0 aromatic carbocycles. The van der Waals surface area contributed by atoms with E-state index in [-0.39, 0.29) is 5.91 Å². The van der Waals surface area contributed by atoms with Crippen LogP contribution in [0.2, 0.25) is 0 Å². The van der Waals surface area contributed by atoms with Crippen LogP contribution in [-0.2, 0) is 9.53 Å². The van der Waals surface area contributed by atoms with Crippen LogP contribution in [0, 0.1) is 11.8 Å². The fraction of sp³-hybridized carbons (Fsp3) is 0.864. The fourth-order valence-corrected chi connectivity index (χ4v) is 4.57. The number of rotatable bonds is 9. The van der Waals surface area contributed by atoms with E-state index >= 15 is 0 Å². The van der Waals surface area contributed by atoms with Gasteiger partial charge in [0.25, 0.3) is 0 Å². The molecule has 3 heteroatoms. The molecular formula is C22H39NO2. The highest BCUT2D eigenvalue weighted by atomic mass is 16.5. The fourth-order valence-electron chi connectivity index (χ4n) is 4.57. The van der Waals surface area contributed by atoms with Gasteiger partial charge in [-0.1, -0.05) is 39.2 Å². The lowest BCUT2D eigenvalue weighted by Gasteiger charge is -2.35. The van der Waals surface area contributed by atoms with Crippen LogP contribution in [0.3, 0.4) is 0 Å². The summed E-state index contributed by atoms with van der Waals surface area (Å²) in [6.45, 7) is 6.80. The Morgan fingerprint density at radius 3 is 2.28 bits per heavy atom. The van der Waals surface area contributed by atoms with Gasteiger partial charge in [-0.2, -0.15) is 0 Å². The topological polar surface area (TPSA) is 29.5 Å². The van der Waals surface area contributed by atoms with Gasteiger partial charge in [0.15, 0.2) is 0 Å². The first-order valence-electron chi connectivity index (χ1n) is 10.6. The molecule has 0 heterocycles. The van der Waals surface area contributed by atoms with Crippen LogP contribution in [0.1, 0.15) is 84.0 Å². The number of amides is 1. The first-order chi connectivity index (χ1) is 12.1. The zero-order chi connectivity index (χ0) is 18.1. The van der Waals surface area contributed by atoms with Crippen LogP contribution in [0.5, 0.6) is 0 Å². The van der Waals surface area contributed by atoms with Gasteiger partial charge < -0.3 is 9.64 Å². The van der Waals surface area contributed by atoms with E-state index in [0.29, 0.717) is 18.1 Å². The van der Waals surface area contributed by atoms with Crippen LogP contribution in [-0.4, -0.2) is 36.6 Å². The minimum atomic E-state index is 0.0513. The molecule has 144 valence electrons. The van der Waals surface area contributed by atoms with Crippen LogP contribution in [0.4, 0.5) is 0 Å². The second kappa shape index (κ2) is 11.0. The van der Waals surface area contributed by atoms with Crippen molar-refractivity contribution >= 4 is 5.91 Å². The Labute approximate surface area is 155 Å². The van der Waals surface area contributed by atoms with Crippen molar-refractivity contribution in [3.05, 3.63) is 12.7 Å². The van der Waals surface area contributed by atoms with E-state index in [0.717, 1.165) is 25.4 Å². The summed E-state index contributed by atoms with van der Waals surface area (Å²) in [4.78, 5) is 13.6. The largest absolute Gasteiger partial charge is 0.378 e. The number of hydrogen-bond donors (Lipinski definition) is 0. The summed E-state index contributed by atoms with van der Waals surface area (Å²) >= 11 is 0. The Morgan fingerprint density at radius 2 is 1.68 bits per heavy atom. The molecule has 0 spiro atoms. The third kappa shape index (κ3) is 6.77. The summed E-state index contributed by atoms with van der Waals surface area (Å²) in [6, 6.07) is 0.389. The van der Waals surface area contributed by atoms with E-state index in [9.17, 15) is 4.79 Å². The molecule has 0 aromatic rings. The molecule has 0 radical (unpaired) electrons. The van der Waals surface area contributed by atoms with E-state index in [1.165, 1.54) is 70.3 Å². The molecule has 3 nitrogen and oxygen atoms in total. The summed E-state index contributed by atoms with van der Waals surface area (Å²) in [6.07, 6.45) is 17.4. The Hall–Kier alpha value is -0.830. The summed E-state index contributed by atoms with van der Waals surface area (Å²) in [5.74, 6) is 1.70. The molecule has 0 atom stereocenters. The quantitative estimate of drug-likeness (QED) is 0.415. The predicted molar refractivity (Wildman–Crippen MR) is 105 cm³/mol. The van der Waals surface area contributed by atoms with Crippen molar-refractivity contribution in [2.45, 2.75) is 96.1 Å². The van der Waals surface area contributed by atoms with Gasteiger partial charge >= 0.3 is 0 Å². The number of likely N-dealkylation sites (N-methyl/N-ethyl adjacent to an activating group) is 1. The zero-order valence-electron chi connectivity index (χ0n) is 16.5. The molecule has 1 amide bonds. The van der Waals surface area contributed by atoms with Gasteiger partial charge in [0, 0.05) is 19.7 Å². The van der Waals surface area contributed by atoms with Crippen LogP contribution < -0.4 is 0 Å². The second-order valence-corrected chi connectivity index (χ2v) is 8.30. The molecule has 2 fully saturated rings. The molecule has 0 aromatic heterocycles. The first kappa shape index (κ1) is 20.5. The van der Waals surface area contributed by atoms with Crippen molar-refractivity contribution in [2.24, 2.45) is 11.8 Å². The molecule has 0 unspecified atom stereocenters. The molecule has 0 saturated heterocycles. The van der Waals surface area contributed by atoms with Crippen LogP contribution in [0.25, 0.3) is 0 Å². The standard InChI is InChI=1S/C22H39NO2/c1-4-6-7-8-18-11-15-21(16-12-18)25-17-19-9-13-20(14-10-19)23(3)22(24)5-2/h5,18-21H,2,4,6-17H2,1,3H3. The Bertz CT molecular complexity index is 393.